The lowest BCUT2D eigenvalue weighted by molar-refractivity contribution is -0.150. The number of thioether (sulfide) groups is 2. The van der Waals surface area contributed by atoms with E-state index in [-0.39, 0.29) is 16.5 Å². The van der Waals surface area contributed by atoms with Crippen molar-refractivity contribution in [2.75, 3.05) is 17.2 Å². The SMILES string of the molecule is Cc1nsc(SCC2=C(C(=O)O)N3C(=O)C(NC(=O)/C(=N/OC(F)F)c4csc(N)n4)[C@H]3SC2)n1. The van der Waals surface area contributed by atoms with Crippen LogP contribution < -0.4 is 11.1 Å². The molecule has 0 saturated carbocycles. The number of nitrogen functional groups attached to an aromatic ring is 1. The van der Waals surface area contributed by atoms with Crippen molar-refractivity contribution in [2.24, 2.45) is 5.16 Å². The van der Waals surface area contributed by atoms with Crippen LogP contribution in [0.2, 0.25) is 0 Å². The van der Waals surface area contributed by atoms with Crippen LogP contribution in [0, 0.1) is 6.92 Å². The van der Waals surface area contributed by atoms with Gasteiger partial charge in [-0.25, -0.2) is 14.8 Å². The maximum Gasteiger partial charge on any atom is 0.407 e. The molecule has 12 nitrogen and oxygen atoms in total. The number of rotatable bonds is 9. The quantitative estimate of drug-likeness (QED) is 0.174. The molecule has 4 heterocycles. The molecule has 2 aromatic rings. The summed E-state index contributed by atoms with van der Waals surface area (Å²) in [6.45, 7) is -1.54. The number of alkyl halides is 2. The number of anilines is 1. The van der Waals surface area contributed by atoms with Gasteiger partial charge in [0, 0.05) is 16.9 Å². The Bertz CT molecular complexity index is 1230. The third-order valence-corrected chi connectivity index (χ3v) is 8.64. The highest BCUT2D eigenvalue weighted by Gasteiger charge is 2.54. The Labute approximate surface area is 212 Å². The highest BCUT2D eigenvalue weighted by molar-refractivity contribution is 8.01. The molecule has 4 N–H and O–H groups in total. The van der Waals surface area contributed by atoms with E-state index in [9.17, 15) is 28.3 Å². The van der Waals surface area contributed by atoms with Crippen LogP contribution in [-0.4, -0.2) is 77.4 Å². The van der Waals surface area contributed by atoms with Gasteiger partial charge >= 0.3 is 12.6 Å². The minimum Gasteiger partial charge on any atom is -0.477 e. The van der Waals surface area contributed by atoms with Crippen LogP contribution in [-0.2, 0) is 19.2 Å². The number of amides is 2. The van der Waals surface area contributed by atoms with Crippen LogP contribution in [0.15, 0.2) is 26.1 Å². The average molecular weight is 564 g/mol. The summed E-state index contributed by atoms with van der Waals surface area (Å²) in [5, 5.41) is 16.0. The third-order valence-electron chi connectivity index (χ3n) is 4.62. The highest BCUT2D eigenvalue weighted by Crippen LogP contribution is 2.41. The first-order valence-electron chi connectivity index (χ1n) is 9.53. The minimum atomic E-state index is -3.29. The number of hydrogen-bond donors (Lipinski definition) is 3. The molecule has 1 saturated heterocycles. The van der Waals surface area contributed by atoms with Gasteiger partial charge in [0.25, 0.3) is 11.8 Å². The molecule has 2 aromatic heterocycles. The average Bonchev–Trinajstić information content (AvgIpc) is 3.42. The van der Waals surface area contributed by atoms with Crippen LogP contribution in [0.3, 0.4) is 0 Å². The van der Waals surface area contributed by atoms with E-state index >= 15 is 0 Å². The minimum absolute atomic E-state index is 0.0663. The molecule has 2 amide bonds. The molecule has 0 spiro atoms. The first kappa shape index (κ1) is 25.3. The number of carbonyl (C=O) groups is 3. The fourth-order valence-corrected chi connectivity index (χ4v) is 6.86. The summed E-state index contributed by atoms with van der Waals surface area (Å²) in [4.78, 5) is 50.7. The summed E-state index contributed by atoms with van der Waals surface area (Å²) in [6.07, 6.45) is 0. The Kier molecular flexibility index (Phi) is 7.53. The van der Waals surface area contributed by atoms with Crippen molar-refractivity contribution < 1.29 is 33.1 Å². The number of aromatic nitrogens is 3. The van der Waals surface area contributed by atoms with Crippen molar-refractivity contribution >= 4 is 75.0 Å². The number of β-lactam (4-membered cyclic amide) rings is 1. The van der Waals surface area contributed by atoms with E-state index in [0.717, 1.165) is 16.2 Å². The van der Waals surface area contributed by atoms with E-state index in [1.165, 1.54) is 40.4 Å². The second-order valence-corrected chi connectivity index (χ2v) is 10.9. The lowest BCUT2D eigenvalue weighted by atomic mass is 10.0. The molecule has 2 atom stereocenters. The van der Waals surface area contributed by atoms with Gasteiger partial charge in [-0.3, -0.25) is 14.5 Å². The number of nitrogens with zero attached hydrogens (tertiary/aromatic N) is 5. The second-order valence-electron chi connectivity index (χ2n) is 6.89. The molecule has 0 aliphatic carbocycles. The van der Waals surface area contributed by atoms with Crippen molar-refractivity contribution in [3.63, 3.8) is 0 Å². The maximum atomic E-state index is 12.8. The fourth-order valence-electron chi connectivity index (χ4n) is 3.18. The zero-order chi connectivity index (χ0) is 25.3. The number of aliphatic carboxylic acids is 1. The summed E-state index contributed by atoms with van der Waals surface area (Å²) in [7, 11) is 0. The molecule has 2 aliphatic rings. The number of carboxylic acids is 1. The van der Waals surface area contributed by atoms with Gasteiger partial charge in [0.05, 0.1) is 0 Å². The number of fused-ring (bicyclic) bond motifs is 1. The van der Waals surface area contributed by atoms with E-state index in [1.807, 2.05) is 0 Å². The summed E-state index contributed by atoms with van der Waals surface area (Å²) < 4.78 is 29.7. The zero-order valence-electron chi connectivity index (χ0n) is 17.5. The molecule has 1 unspecified atom stereocenters. The van der Waals surface area contributed by atoms with Gasteiger partial charge in [0.1, 0.15) is 28.6 Å². The van der Waals surface area contributed by atoms with Crippen LogP contribution in [0.1, 0.15) is 11.5 Å². The lowest BCUT2D eigenvalue weighted by Gasteiger charge is -2.49. The zero-order valence-corrected chi connectivity index (χ0v) is 20.8. The third kappa shape index (κ3) is 5.39. The van der Waals surface area contributed by atoms with E-state index in [2.05, 4.69) is 29.7 Å². The molecule has 0 aromatic carbocycles. The molecule has 186 valence electrons. The smallest absolute Gasteiger partial charge is 0.407 e. The first-order chi connectivity index (χ1) is 16.7. The van der Waals surface area contributed by atoms with Crippen LogP contribution in [0.25, 0.3) is 0 Å². The first-order valence-corrected chi connectivity index (χ1v) is 13.2. The Hall–Kier alpha value is -2.83. The van der Waals surface area contributed by atoms with Crippen LogP contribution in [0.4, 0.5) is 13.9 Å². The van der Waals surface area contributed by atoms with Gasteiger partial charge in [-0.15, -0.1) is 23.1 Å². The van der Waals surface area contributed by atoms with E-state index in [4.69, 9.17) is 5.73 Å². The van der Waals surface area contributed by atoms with Crippen LogP contribution >= 0.6 is 46.4 Å². The van der Waals surface area contributed by atoms with Gasteiger partial charge in [-0.05, 0) is 24.0 Å². The Morgan fingerprint density at radius 2 is 2.23 bits per heavy atom. The molecule has 2 aliphatic heterocycles. The number of oxime groups is 1. The molecule has 18 heteroatoms. The van der Waals surface area contributed by atoms with Gasteiger partial charge in [0.2, 0.25) is 0 Å². The Balaban J connectivity index is 1.49. The molecule has 1 fully saturated rings. The molecule has 0 radical (unpaired) electrons. The van der Waals surface area contributed by atoms with E-state index in [0.29, 0.717) is 27.2 Å². The van der Waals surface area contributed by atoms with Gasteiger partial charge in [0.15, 0.2) is 15.2 Å². The number of halogens is 2. The van der Waals surface area contributed by atoms with Gasteiger partial charge in [-0.1, -0.05) is 16.9 Å². The monoisotopic (exact) mass is 563 g/mol. The Morgan fingerprint density at radius 3 is 2.83 bits per heavy atom. The summed E-state index contributed by atoms with van der Waals surface area (Å²) in [5.74, 6) is -1.72. The number of nitrogens with one attached hydrogen (secondary N) is 1. The second kappa shape index (κ2) is 10.4. The molecule has 35 heavy (non-hydrogen) atoms. The molecule has 0 bridgehead atoms. The van der Waals surface area contributed by atoms with Crippen molar-refractivity contribution in [2.45, 2.75) is 29.3 Å². The topological polar surface area (TPSA) is 173 Å². The van der Waals surface area contributed by atoms with Crippen molar-refractivity contribution in [3.8, 4) is 0 Å². The van der Waals surface area contributed by atoms with Gasteiger partial charge in [-0.2, -0.15) is 13.2 Å². The van der Waals surface area contributed by atoms with E-state index < -0.39 is 41.5 Å². The molecular formula is C17H15F2N7O5S4. The number of aryl methyl sites for hydroxylation is 1. The van der Waals surface area contributed by atoms with Crippen molar-refractivity contribution in [3.05, 3.63) is 28.2 Å². The standard InChI is InChI=1S/C17H15F2N7O5S4/c1-5-21-17(35-25-5)34-3-6-2-32-13-9(12(28)26(13)10(6)14(29)30)23-11(27)8(24-31-15(18)19)7-4-33-16(20)22-7/h4,9,13,15H,2-3H2,1H3,(H2,20,22)(H,23,27)(H,29,30)/b24-8+/t9?,13-/m1/s1. The molecular weight excluding hydrogens is 548 g/mol. The largest absolute Gasteiger partial charge is 0.477 e. The number of thiazole rings is 1. The van der Waals surface area contributed by atoms with Crippen molar-refractivity contribution in [1.29, 1.82) is 0 Å². The normalized spacial score (nSPS) is 20.1. The highest BCUT2D eigenvalue weighted by atomic mass is 32.2. The van der Waals surface area contributed by atoms with E-state index in [1.54, 1.807) is 6.92 Å². The maximum absolute atomic E-state index is 12.8. The number of hydrogen-bond acceptors (Lipinski definition) is 13. The summed E-state index contributed by atoms with van der Waals surface area (Å²) in [5.41, 5.74) is 5.21. The summed E-state index contributed by atoms with van der Waals surface area (Å²) in [6, 6.07) is -1.10. The van der Waals surface area contributed by atoms with Crippen molar-refractivity contribution in [1.82, 2.24) is 24.6 Å². The lowest BCUT2D eigenvalue weighted by Crippen LogP contribution is -2.71. The summed E-state index contributed by atoms with van der Waals surface area (Å²) >= 11 is 4.73. The number of nitrogens with two attached hydrogens (primary N) is 1. The van der Waals surface area contributed by atoms with Gasteiger partial charge < -0.3 is 21.0 Å². The molecule has 4 rings (SSSR count). The number of carboxylic acid groups (broad SMARTS) is 1. The number of carbonyl (C=O) groups excluding carboxylic acids is 2. The fraction of sp³-hybridized carbons (Fsp3) is 0.353. The predicted octanol–water partition coefficient (Wildman–Crippen LogP) is 1.36. The Morgan fingerprint density at radius 1 is 1.46 bits per heavy atom. The predicted molar refractivity (Wildman–Crippen MR) is 125 cm³/mol. The van der Waals surface area contributed by atoms with Crippen LogP contribution in [0.5, 0.6) is 0 Å².